The highest BCUT2D eigenvalue weighted by molar-refractivity contribution is 6.98. The lowest BCUT2D eigenvalue weighted by molar-refractivity contribution is 0.465. The summed E-state index contributed by atoms with van der Waals surface area (Å²) in [5, 5.41) is 2.39. The summed E-state index contributed by atoms with van der Waals surface area (Å²) >= 11 is 0. The minimum atomic E-state index is -0.258. The molecule has 56 heavy (non-hydrogen) atoms. The Balaban J connectivity index is 1.05. The maximum absolute atomic E-state index is 6.86. The first-order valence-corrected chi connectivity index (χ1v) is 19.4. The number of anilines is 3. The van der Waals surface area contributed by atoms with Crippen LogP contribution in [0.15, 0.2) is 176 Å². The van der Waals surface area contributed by atoms with E-state index in [4.69, 9.17) is 9.47 Å². The van der Waals surface area contributed by atoms with Crippen molar-refractivity contribution >= 4 is 62.0 Å². The van der Waals surface area contributed by atoms with Gasteiger partial charge in [0.25, 0.3) is 6.71 Å². The Kier molecular flexibility index (Phi) is 6.45. The van der Waals surface area contributed by atoms with E-state index in [1.807, 2.05) is 6.07 Å². The number of aromatic nitrogens is 1. The van der Waals surface area contributed by atoms with Crippen molar-refractivity contribution in [1.82, 2.24) is 4.57 Å². The molecule has 0 atom stereocenters. The van der Waals surface area contributed by atoms with Gasteiger partial charge in [0.1, 0.15) is 23.0 Å². The molecule has 0 amide bonds. The maximum Gasteiger partial charge on any atom is 0.260 e. The van der Waals surface area contributed by atoms with Crippen LogP contribution in [0.5, 0.6) is 23.0 Å². The molecule has 8 aromatic carbocycles. The molecular formula is C51H35BN2O2. The molecule has 9 aromatic rings. The van der Waals surface area contributed by atoms with Gasteiger partial charge >= 0.3 is 0 Å². The average molecular weight is 719 g/mol. The van der Waals surface area contributed by atoms with Crippen LogP contribution in [-0.2, 0) is 5.41 Å². The van der Waals surface area contributed by atoms with E-state index in [0.717, 1.165) is 62.2 Å². The molecule has 3 heterocycles. The van der Waals surface area contributed by atoms with Crippen LogP contribution in [0.3, 0.4) is 0 Å². The first kappa shape index (κ1) is 31.4. The number of hydrogen-bond acceptors (Lipinski definition) is 3. The van der Waals surface area contributed by atoms with E-state index in [1.54, 1.807) is 0 Å². The molecule has 0 saturated heterocycles. The summed E-state index contributed by atoms with van der Waals surface area (Å²) in [6.07, 6.45) is 0. The van der Waals surface area contributed by atoms with Crippen LogP contribution in [0.2, 0.25) is 0 Å². The number of hydrogen-bond donors (Lipinski definition) is 0. The van der Waals surface area contributed by atoms with Crippen molar-refractivity contribution < 1.29 is 9.47 Å². The van der Waals surface area contributed by atoms with Crippen LogP contribution in [-0.4, -0.2) is 11.3 Å². The van der Waals surface area contributed by atoms with Gasteiger partial charge in [-0.2, -0.15) is 0 Å². The van der Waals surface area contributed by atoms with Crippen LogP contribution in [0.25, 0.3) is 38.6 Å². The van der Waals surface area contributed by atoms with Crippen molar-refractivity contribution in [1.29, 1.82) is 0 Å². The van der Waals surface area contributed by atoms with E-state index < -0.39 is 0 Å². The quantitative estimate of drug-likeness (QED) is 0.170. The molecule has 5 heteroatoms. The molecular weight excluding hydrogens is 683 g/mol. The summed E-state index contributed by atoms with van der Waals surface area (Å²) in [6, 6.07) is 63.2. The van der Waals surface area contributed by atoms with E-state index in [2.05, 4.69) is 193 Å². The Morgan fingerprint density at radius 2 is 1.07 bits per heavy atom. The van der Waals surface area contributed by atoms with Crippen LogP contribution in [0, 0.1) is 0 Å². The van der Waals surface area contributed by atoms with Gasteiger partial charge < -0.3 is 18.9 Å². The smallest absolute Gasteiger partial charge is 0.260 e. The first-order valence-electron chi connectivity index (χ1n) is 19.4. The summed E-state index contributed by atoms with van der Waals surface area (Å²) in [6.45, 7) is 4.67. The lowest BCUT2D eigenvalue weighted by atomic mass is 9.34. The summed E-state index contributed by atoms with van der Waals surface area (Å²) in [5.74, 6) is 3.50. The molecule has 1 aromatic heterocycles. The van der Waals surface area contributed by atoms with Crippen LogP contribution in [0.1, 0.15) is 25.0 Å². The summed E-state index contributed by atoms with van der Waals surface area (Å²) in [4.78, 5) is 2.35. The molecule has 2 aliphatic heterocycles. The Morgan fingerprint density at radius 3 is 1.79 bits per heavy atom. The van der Waals surface area contributed by atoms with Gasteiger partial charge in [-0.1, -0.05) is 105 Å². The van der Waals surface area contributed by atoms with Crippen molar-refractivity contribution in [2.24, 2.45) is 0 Å². The largest absolute Gasteiger partial charge is 0.458 e. The van der Waals surface area contributed by atoms with Crippen LogP contribution >= 0.6 is 0 Å². The lowest BCUT2D eigenvalue weighted by Gasteiger charge is -2.34. The molecule has 0 spiro atoms. The van der Waals surface area contributed by atoms with E-state index in [-0.39, 0.29) is 12.1 Å². The molecule has 0 fully saturated rings. The molecule has 264 valence electrons. The maximum atomic E-state index is 6.86. The lowest BCUT2D eigenvalue weighted by Crippen LogP contribution is -2.57. The Morgan fingerprint density at radius 1 is 0.464 bits per heavy atom. The topological polar surface area (TPSA) is 26.6 Å². The van der Waals surface area contributed by atoms with Gasteiger partial charge in [-0.3, -0.25) is 0 Å². The molecule has 0 radical (unpaired) electrons. The molecule has 0 unspecified atom stereocenters. The van der Waals surface area contributed by atoms with Gasteiger partial charge in [0, 0.05) is 44.4 Å². The fourth-order valence-corrected chi connectivity index (χ4v) is 9.70. The average Bonchev–Trinajstić information content (AvgIpc) is 3.67. The number of ether oxygens (including phenoxy) is 2. The third-order valence-corrected chi connectivity index (χ3v) is 12.3. The number of para-hydroxylation sites is 4. The fourth-order valence-electron chi connectivity index (χ4n) is 9.70. The summed E-state index contributed by atoms with van der Waals surface area (Å²) in [5.41, 5.74) is 15.1. The first-order chi connectivity index (χ1) is 27.5. The van der Waals surface area contributed by atoms with Gasteiger partial charge in [0.15, 0.2) is 0 Å². The normalized spacial score (nSPS) is 13.9. The third kappa shape index (κ3) is 4.37. The zero-order valence-electron chi connectivity index (χ0n) is 31.0. The highest BCUT2D eigenvalue weighted by Gasteiger charge is 2.44. The van der Waals surface area contributed by atoms with Crippen molar-refractivity contribution in [2.75, 3.05) is 4.90 Å². The van der Waals surface area contributed by atoms with Gasteiger partial charge in [-0.15, -0.1) is 0 Å². The predicted molar refractivity (Wildman–Crippen MR) is 231 cm³/mol. The molecule has 0 bridgehead atoms. The molecule has 4 nitrogen and oxygen atoms in total. The summed E-state index contributed by atoms with van der Waals surface area (Å²) in [7, 11) is 0. The molecule has 3 aliphatic rings. The summed E-state index contributed by atoms with van der Waals surface area (Å²) < 4.78 is 16.1. The van der Waals surface area contributed by atoms with Gasteiger partial charge in [0.2, 0.25) is 0 Å². The van der Waals surface area contributed by atoms with Crippen molar-refractivity contribution in [2.45, 2.75) is 19.3 Å². The third-order valence-electron chi connectivity index (χ3n) is 12.3. The van der Waals surface area contributed by atoms with Crippen molar-refractivity contribution in [3.8, 4) is 39.8 Å². The zero-order chi connectivity index (χ0) is 37.1. The molecule has 0 saturated carbocycles. The fraction of sp³-hybridized carbons (Fsp3) is 0.0588. The second-order valence-corrected chi connectivity index (χ2v) is 15.7. The minimum Gasteiger partial charge on any atom is -0.458 e. The minimum absolute atomic E-state index is 0.0626. The molecule has 12 rings (SSSR count). The van der Waals surface area contributed by atoms with Crippen LogP contribution in [0.4, 0.5) is 17.1 Å². The number of benzene rings is 8. The van der Waals surface area contributed by atoms with E-state index in [0.29, 0.717) is 0 Å². The Bertz CT molecular complexity index is 3020. The van der Waals surface area contributed by atoms with Crippen molar-refractivity contribution in [3.05, 3.63) is 187 Å². The van der Waals surface area contributed by atoms with Crippen molar-refractivity contribution in [3.63, 3.8) is 0 Å². The SMILES string of the molecule is CC1(C)c2cc(N(c3ccccc3)c3ccccc3)ccc2-c2cc3c(cc21)B1c2cc4c(cc2Oc2cccc(c21)O3)c1ccccc1n4-c1ccccc1. The number of nitrogens with zero attached hydrogens (tertiary/aromatic N) is 2. The van der Waals surface area contributed by atoms with E-state index in [9.17, 15) is 0 Å². The van der Waals surface area contributed by atoms with Gasteiger partial charge in [-0.05, 0) is 118 Å². The predicted octanol–water partition coefficient (Wildman–Crippen LogP) is 11.3. The highest BCUT2D eigenvalue weighted by atomic mass is 16.5. The molecule has 1 aliphatic carbocycles. The highest BCUT2D eigenvalue weighted by Crippen LogP contribution is 2.52. The number of rotatable bonds is 4. The second kappa shape index (κ2) is 11.5. The van der Waals surface area contributed by atoms with E-state index in [1.165, 1.54) is 44.0 Å². The van der Waals surface area contributed by atoms with Gasteiger partial charge in [-0.25, -0.2) is 0 Å². The van der Waals surface area contributed by atoms with E-state index >= 15 is 0 Å². The van der Waals surface area contributed by atoms with Gasteiger partial charge in [0.05, 0.1) is 11.0 Å². The number of fused-ring (bicyclic) bond motifs is 10. The Hall–Kier alpha value is -6.98. The standard InChI is InChI=1S/C51H35BN2O2/c1-51(2)40-27-35(53(32-15-6-3-7-16-32)33-17-8-4-9-18-33)25-26-36(40)38-28-48-42(30-41(38)51)52-43-31-45-39(29-49(43)56-47-24-14-23-46(55-48)50(47)52)37-21-12-13-22-44(37)54(45)34-19-10-5-11-20-34/h3-31H,1-2H3. The van der Waals surface area contributed by atoms with Crippen LogP contribution < -0.4 is 30.8 Å². The monoisotopic (exact) mass is 718 g/mol. The zero-order valence-corrected chi connectivity index (χ0v) is 31.0. The molecule has 0 N–H and O–H groups in total. The second-order valence-electron chi connectivity index (χ2n) is 15.7. The Labute approximate surface area is 325 Å².